The van der Waals surface area contributed by atoms with Crippen molar-refractivity contribution < 1.29 is 19.5 Å². The lowest BCUT2D eigenvalue weighted by Gasteiger charge is -2.27. The van der Waals surface area contributed by atoms with E-state index in [1.807, 2.05) is 0 Å². The Morgan fingerprint density at radius 1 is 1.00 bits per heavy atom. The Labute approximate surface area is 166 Å². The number of carboxylic acid groups (broad SMARTS) is 1. The van der Waals surface area contributed by atoms with Gasteiger partial charge in [-0.2, -0.15) is 0 Å². The second-order valence-electron chi connectivity index (χ2n) is 5.60. The lowest BCUT2D eigenvalue weighted by Crippen LogP contribution is -2.22. The fraction of sp³-hybridized carbons (Fsp3) is 0.278. The number of aliphatic carboxylic acids is 1. The molecule has 0 bridgehead atoms. The highest BCUT2D eigenvalue weighted by Gasteiger charge is 2.39. The third kappa shape index (κ3) is 4.33. The number of carbonyl (C=O) groups is 3. The van der Waals surface area contributed by atoms with Gasteiger partial charge < -0.3 is 5.11 Å². The minimum Gasteiger partial charge on any atom is -0.481 e. The van der Waals surface area contributed by atoms with Gasteiger partial charge in [0, 0.05) is 4.91 Å². The molecule has 0 saturated carbocycles. The zero-order chi connectivity index (χ0) is 18.7. The summed E-state index contributed by atoms with van der Waals surface area (Å²) in [6.07, 6.45) is 3.24. The van der Waals surface area contributed by atoms with Gasteiger partial charge in [-0.25, -0.2) is 0 Å². The van der Waals surface area contributed by atoms with Gasteiger partial charge in [-0.3, -0.25) is 14.4 Å². The third-order valence-corrected chi connectivity index (χ3v) is 7.55. The van der Waals surface area contributed by atoms with Crippen LogP contribution in [0.2, 0.25) is 0 Å². The number of carbonyl (C=O) groups excluding carboxylic acids is 2. The molecule has 0 amide bonds. The molecule has 0 radical (unpaired) electrons. The van der Waals surface area contributed by atoms with Crippen molar-refractivity contribution in [2.75, 3.05) is 0 Å². The number of halogens is 2. The number of carboxylic acids is 1. The molecule has 1 aromatic carbocycles. The molecule has 0 fully saturated rings. The molecule has 134 valence electrons. The summed E-state index contributed by atoms with van der Waals surface area (Å²) < 4.78 is 0. The highest BCUT2D eigenvalue weighted by molar-refractivity contribution is 9.10. The summed E-state index contributed by atoms with van der Waals surface area (Å²) in [7, 11) is -1.66. The predicted molar refractivity (Wildman–Crippen MR) is 109 cm³/mol. The van der Waals surface area contributed by atoms with Gasteiger partial charge in [-0.1, -0.05) is 68.3 Å². The Balaban J connectivity index is 2.50. The van der Waals surface area contributed by atoms with E-state index < -0.39 is 32.4 Å². The van der Waals surface area contributed by atoms with Crippen molar-refractivity contribution in [2.24, 2.45) is 0 Å². The molecule has 1 aliphatic heterocycles. The number of hydrogen-bond acceptors (Lipinski definition) is 3. The van der Waals surface area contributed by atoms with Crippen molar-refractivity contribution in [3.05, 3.63) is 57.9 Å². The summed E-state index contributed by atoms with van der Waals surface area (Å²) in [5.41, 5.74) is 0.595. The predicted octanol–water partition coefficient (Wildman–Crippen LogP) is 4.30. The average molecular weight is 490 g/mol. The van der Waals surface area contributed by atoms with Gasteiger partial charge in [0.15, 0.2) is 10.9 Å². The molecule has 4 atom stereocenters. The Hall–Kier alpha value is -1.18. The van der Waals surface area contributed by atoms with Gasteiger partial charge in [0.1, 0.15) is 5.92 Å². The van der Waals surface area contributed by atoms with Crippen LogP contribution >= 0.6 is 42.8 Å². The van der Waals surface area contributed by atoms with Crippen LogP contribution in [0.3, 0.4) is 0 Å². The second-order valence-corrected chi connectivity index (χ2v) is 10.5. The molecule has 0 saturated heterocycles. The molecule has 1 aliphatic rings. The summed E-state index contributed by atoms with van der Waals surface area (Å²) in [6.45, 7) is 3.39. The summed E-state index contributed by atoms with van der Waals surface area (Å²) in [6, 6.07) is 8.78. The van der Waals surface area contributed by atoms with Crippen molar-refractivity contribution in [2.45, 2.75) is 29.4 Å². The number of hydrogen-bond donors (Lipinski definition) is 2. The third-order valence-electron chi connectivity index (χ3n) is 3.76. The number of thiol groups is 1. The molecule has 1 heterocycles. The molecular weight excluding hydrogens is 472 g/mol. The van der Waals surface area contributed by atoms with Gasteiger partial charge in [-0.05, 0) is 30.4 Å². The van der Waals surface area contributed by atoms with Crippen molar-refractivity contribution >= 4 is 59.6 Å². The molecule has 0 spiro atoms. The van der Waals surface area contributed by atoms with E-state index in [1.165, 1.54) is 0 Å². The van der Waals surface area contributed by atoms with E-state index in [2.05, 4.69) is 31.9 Å². The van der Waals surface area contributed by atoms with Gasteiger partial charge in [-0.15, -0.1) is 10.9 Å². The van der Waals surface area contributed by atoms with Crippen LogP contribution in [-0.4, -0.2) is 31.6 Å². The number of alkyl halides is 2. The lowest BCUT2D eigenvalue weighted by atomic mass is 9.98. The summed E-state index contributed by atoms with van der Waals surface area (Å²) >= 11 is 6.53. The Bertz CT molecular complexity index is 754. The normalized spacial score (nSPS) is 21.7. The van der Waals surface area contributed by atoms with Crippen molar-refractivity contribution in [3.63, 3.8) is 0 Å². The van der Waals surface area contributed by atoms with Crippen LogP contribution in [0.15, 0.2) is 52.3 Å². The zero-order valence-electron chi connectivity index (χ0n) is 13.6. The largest absolute Gasteiger partial charge is 0.481 e. The van der Waals surface area contributed by atoms with Crippen LogP contribution in [-0.2, 0) is 14.4 Å². The van der Waals surface area contributed by atoms with Crippen LogP contribution < -0.4 is 0 Å². The first-order chi connectivity index (χ1) is 11.8. The molecule has 4 nitrogen and oxygen atoms in total. The van der Waals surface area contributed by atoms with Crippen LogP contribution in [0, 0.1) is 0 Å². The maximum absolute atomic E-state index is 12.8. The van der Waals surface area contributed by atoms with Gasteiger partial charge in [0.2, 0.25) is 0 Å². The van der Waals surface area contributed by atoms with E-state index in [4.69, 9.17) is 0 Å². The smallest absolute Gasteiger partial charge is 0.315 e. The molecular formula is C18H18Br2O4S. The van der Waals surface area contributed by atoms with E-state index in [-0.39, 0.29) is 10.9 Å². The Kier molecular flexibility index (Phi) is 6.82. The minimum atomic E-state index is -1.66. The molecule has 7 heteroatoms. The van der Waals surface area contributed by atoms with Crippen LogP contribution in [0.25, 0.3) is 0 Å². The molecule has 0 aliphatic carbocycles. The number of benzene rings is 1. The average Bonchev–Trinajstić information content (AvgIpc) is 2.98. The molecule has 0 aromatic heterocycles. The highest BCUT2D eigenvalue weighted by atomic mass is 79.9. The van der Waals surface area contributed by atoms with Crippen molar-refractivity contribution in [1.82, 2.24) is 0 Å². The quantitative estimate of drug-likeness (QED) is 0.461. The maximum atomic E-state index is 12.8. The van der Waals surface area contributed by atoms with E-state index >= 15 is 0 Å². The van der Waals surface area contributed by atoms with E-state index in [0.29, 0.717) is 15.4 Å². The molecule has 1 aromatic rings. The zero-order valence-corrected chi connectivity index (χ0v) is 17.7. The summed E-state index contributed by atoms with van der Waals surface area (Å²) in [5, 5.41) is 9.63. The minimum absolute atomic E-state index is 0.159. The fourth-order valence-corrected chi connectivity index (χ4v) is 6.13. The first-order valence-electron chi connectivity index (χ1n) is 7.61. The van der Waals surface area contributed by atoms with Crippen molar-refractivity contribution in [3.8, 4) is 0 Å². The van der Waals surface area contributed by atoms with E-state index in [0.717, 1.165) is 0 Å². The summed E-state index contributed by atoms with van der Waals surface area (Å²) in [4.78, 5) is 37.2. The van der Waals surface area contributed by atoms with Crippen LogP contribution in [0.1, 0.15) is 25.3 Å². The first-order valence-corrected chi connectivity index (χ1v) is 10.8. The number of ketones is 1. The first kappa shape index (κ1) is 20.1. The number of allylic oxidation sites excluding steroid dienone is 3. The highest BCUT2D eigenvalue weighted by Crippen LogP contribution is 2.55. The van der Waals surface area contributed by atoms with Crippen LogP contribution in [0.5, 0.6) is 0 Å². The Morgan fingerprint density at radius 2 is 1.60 bits per heavy atom. The second kappa shape index (κ2) is 8.47. The maximum Gasteiger partial charge on any atom is 0.315 e. The standard InChI is InChI=1S/C18H18Br2O4S/c1-10(19)16(21)14-9-8-13(25(14)18(24)11(2)20)15(17(22)23)12-6-4-3-5-7-12/h3-11,15,25H,1-2H3,(H,22,23). The topological polar surface area (TPSA) is 71.4 Å². The Morgan fingerprint density at radius 3 is 2.08 bits per heavy atom. The van der Waals surface area contributed by atoms with E-state index in [1.54, 1.807) is 56.3 Å². The van der Waals surface area contributed by atoms with Gasteiger partial charge in [0.25, 0.3) is 0 Å². The summed E-state index contributed by atoms with van der Waals surface area (Å²) in [5.74, 6) is -2.17. The van der Waals surface area contributed by atoms with Crippen molar-refractivity contribution in [1.29, 1.82) is 0 Å². The SMILES string of the molecule is CC(Br)C(=O)C1=CC=C(C(C(=O)O)c2ccccc2)[SH]1C(=O)C(C)Br. The molecule has 4 unspecified atom stereocenters. The fourth-order valence-electron chi connectivity index (χ4n) is 2.58. The molecule has 2 rings (SSSR count). The molecule has 1 N–H and O–H groups in total. The molecule has 25 heavy (non-hydrogen) atoms. The lowest BCUT2D eigenvalue weighted by molar-refractivity contribution is -0.137. The van der Waals surface area contributed by atoms with E-state index in [9.17, 15) is 19.5 Å². The van der Waals surface area contributed by atoms with Gasteiger partial charge in [0.05, 0.1) is 9.65 Å². The number of rotatable bonds is 6. The monoisotopic (exact) mass is 488 g/mol. The van der Waals surface area contributed by atoms with Gasteiger partial charge >= 0.3 is 5.97 Å². The van der Waals surface area contributed by atoms with Crippen LogP contribution in [0.4, 0.5) is 0 Å². The number of Topliss-reactive ketones (excluding diaryl/α,β-unsaturated/α-hetero) is 1.